The molecule has 0 saturated carbocycles. The molecule has 1 aromatic heterocycles. The molecule has 0 saturated heterocycles. The molecule has 116 valence electrons. The Hall–Kier alpha value is -1.71. The maximum atomic E-state index is 12.0. The van der Waals surface area contributed by atoms with Crippen LogP contribution in [0.25, 0.3) is 0 Å². The van der Waals surface area contributed by atoms with Gasteiger partial charge < -0.3 is 5.32 Å². The summed E-state index contributed by atoms with van der Waals surface area (Å²) < 4.78 is 0. The van der Waals surface area contributed by atoms with E-state index in [4.69, 9.17) is 0 Å². The molecule has 0 fully saturated rings. The highest BCUT2D eigenvalue weighted by Gasteiger charge is 2.14. The standard InChI is InChI=1S/C17H26N2O2/c1-3-4-5-6-7-10-14(2)16(20)13-19-17(21)15-11-8-9-12-18-15/h8-9,11-12,14H,3-7,10,13H2,1-2H3,(H,19,21). The average Bonchev–Trinajstić information content (AvgIpc) is 2.52. The number of nitrogens with one attached hydrogen (secondary N) is 1. The highest BCUT2D eigenvalue weighted by Crippen LogP contribution is 2.12. The molecule has 1 N–H and O–H groups in total. The maximum Gasteiger partial charge on any atom is 0.270 e. The molecule has 4 heteroatoms. The van der Waals surface area contributed by atoms with Crippen LogP contribution in [0.5, 0.6) is 0 Å². The van der Waals surface area contributed by atoms with Gasteiger partial charge in [-0.3, -0.25) is 14.6 Å². The Morgan fingerprint density at radius 2 is 1.95 bits per heavy atom. The molecule has 0 aliphatic rings. The molecular formula is C17H26N2O2. The summed E-state index contributed by atoms with van der Waals surface area (Å²) in [4.78, 5) is 27.7. The van der Waals surface area contributed by atoms with Crippen LogP contribution in [-0.2, 0) is 4.79 Å². The predicted molar refractivity (Wildman–Crippen MR) is 84.1 cm³/mol. The summed E-state index contributed by atoms with van der Waals surface area (Å²) in [6.45, 7) is 4.22. The molecule has 0 spiro atoms. The van der Waals surface area contributed by atoms with E-state index in [1.165, 1.54) is 25.7 Å². The first-order valence-corrected chi connectivity index (χ1v) is 7.87. The zero-order valence-electron chi connectivity index (χ0n) is 13.1. The summed E-state index contributed by atoms with van der Waals surface area (Å²) in [6.07, 6.45) is 8.48. The van der Waals surface area contributed by atoms with Gasteiger partial charge in [0.1, 0.15) is 5.69 Å². The van der Waals surface area contributed by atoms with Crippen LogP contribution in [-0.4, -0.2) is 23.2 Å². The molecule has 1 atom stereocenters. The molecule has 1 amide bonds. The molecule has 0 radical (unpaired) electrons. The van der Waals surface area contributed by atoms with E-state index in [2.05, 4.69) is 17.2 Å². The second kappa shape index (κ2) is 10.1. The lowest BCUT2D eigenvalue weighted by atomic mass is 9.98. The second-order valence-corrected chi connectivity index (χ2v) is 5.47. The Balaban J connectivity index is 2.22. The minimum atomic E-state index is -0.293. The number of aromatic nitrogens is 1. The molecular weight excluding hydrogens is 264 g/mol. The van der Waals surface area contributed by atoms with E-state index in [0.29, 0.717) is 5.69 Å². The van der Waals surface area contributed by atoms with Crippen molar-refractivity contribution >= 4 is 11.7 Å². The quantitative estimate of drug-likeness (QED) is 0.672. The number of pyridine rings is 1. The first kappa shape index (κ1) is 17.3. The zero-order chi connectivity index (χ0) is 15.5. The van der Waals surface area contributed by atoms with Gasteiger partial charge in [-0.05, 0) is 18.6 Å². The molecule has 0 aliphatic carbocycles. The summed E-state index contributed by atoms with van der Waals surface area (Å²) >= 11 is 0. The van der Waals surface area contributed by atoms with Crippen LogP contribution >= 0.6 is 0 Å². The smallest absolute Gasteiger partial charge is 0.270 e. The van der Waals surface area contributed by atoms with Gasteiger partial charge in [0.2, 0.25) is 0 Å². The van der Waals surface area contributed by atoms with Crippen LogP contribution in [0.4, 0.5) is 0 Å². The largest absolute Gasteiger partial charge is 0.344 e. The first-order chi connectivity index (χ1) is 10.1. The molecule has 4 nitrogen and oxygen atoms in total. The molecule has 1 aromatic rings. The van der Waals surface area contributed by atoms with E-state index in [-0.39, 0.29) is 24.2 Å². The van der Waals surface area contributed by atoms with E-state index < -0.39 is 0 Å². The maximum absolute atomic E-state index is 12.0. The number of rotatable bonds is 10. The molecule has 0 aromatic carbocycles. The van der Waals surface area contributed by atoms with Crippen LogP contribution in [0, 0.1) is 5.92 Å². The van der Waals surface area contributed by atoms with Crippen LogP contribution in [0.2, 0.25) is 0 Å². The number of ketones is 1. The van der Waals surface area contributed by atoms with Crippen LogP contribution in [0.3, 0.4) is 0 Å². The van der Waals surface area contributed by atoms with Crippen molar-refractivity contribution in [2.24, 2.45) is 5.92 Å². The van der Waals surface area contributed by atoms with Gasteiger partial charge in [-0.25, -0.2) is 0 Å². The fourth-order valence-corrected chi connectivity index (χ4v) is 2.14. The van der Waals surface area contributed by atoms with Crippen molar-refractivity contribution in [1.29, 1.82) is 0 Å². The summed E-state index contributed by atoms with van der Waals surface area (Å²) in [5.74, 6) is -0.190. The normalized spacial score (nSPS) is 11.9. The van der Waals surface area contributed by atoms with Crippen LogP contribution < -0.4 is 5.32 Å². The molecule has 1 rings (SSSR count). The van der Waals surface area contributed by atoms with E-state index >= 15 is 0 Å². The van der Waals surface area contributed by atoms with Gasteiger partial charge in [0, 0.05) is 12.1 Å². The number of carbonyl (C=O) groups is 2. The van der Waals surface area contributed by atoms with Crippen LogP contribution in [0.1, 0.15) is 62.9 Å². The highest BCUT2D eigenvalue weighted by molar-refractivity contribution is 5.95. The van der Waals surface area contributed by atoms with Gasteiger partial charge in [-0.1, -0.05) is 52.0 Å². The SMILES string of the molecule is CCCCCCCC(C)C(=O)CNC(=O)c1ccccn1. The summed E-state index contributed by atoms with van der Waals surface area (Å²) in [5.41, 5.74) is 0.345. The van der Waals surface area contributed by atoms with E-state index in [9.17, 15) is 9.59 Å². The third-order valence-corrected chi connectivity index (χ3v) is 3.61. The Bertz CT molecular complexity index is 432. The fourth-order valence-electron chi connectivity index (χ4n) is 2.14. The van der Waals surface area contributed by atoms with Crippen molar-refractivity contribution in [2.45, 2.75) is 52.4 Å². The predicted octanol–water partition coefficient (Wildman–Crippen LogP) is 3.38. The van der Waals surface area contributed by atoms with Crippen molar-refractivity contribution < 1.29 is 9.59 Å². The minimum Gasteiger partial charge on any atom is -0.344 e. The third-order valence-electron chi connectivity index (χ3n) is 3.61. The number of unbranched alkanes of at least 4 members (excludes halogenated alkanes) is 4. The van der Waals surface area contributed by atoms with Gasteiger partial charge in [0.15, 0.2) is 5.78 Å². The lowest BCUT2D eigenvalue weighted by Crippen LogP contribution is -2.32. The van der Waals surface area contributed by atoms with Gasteiger partial charge in [0.05, 0.1) is 6.54 Å². The minimum absolute atomic E-state index is 0.00987. The van der Waals surface area contributed by atoms with Crippen molar-refractivity contribution in [1.82, 2.24) is 10.3 Å². The topological polar surface area (TPSA) is 59.1 Å². The van der Waals surface area contributed by atoms with E-state index in [1.54, 1.807) is 24.4 Å². The fraction of sp³-hybridized carbons (Fsp3) is 0.588. The third kappa shape index (κ3) is 7.02. The van der Waals surface area contributed by atoms with Gasteiger partial charge in [0.25, 0.3) is 5.91 Å². The second-order valence-electron chi connectivity index (χ2n) is 5.47. The Morgan fingerprint density at radius 3 is 2.62 bits per heavy atom. The van der Waals surface area contributed by atoms with Crippen molar-refractivity contribution in [2.75, 3.05) is 6.54 Å². The first-order valence-electron chi connectivity index (χ1n) is 7.87. The van der Waals surface area contributed by atoms with Gasteiger partial charge in [-0.15, -0.1) is 0 Å². The summed E-state index contributed by atoms with van der Waals surface area (Å²) in [5, 5.41) is 2.64. The zero-order valence-corrected chi connectivity index (χ0v) is 13.1. The number of Topliss-reactive ketones (excluding diaryl/α,β-unsaturated/α-hetero) is 1. The number of hydrogen-bond acceptors (Lipinski definition) is 3. The average molecular weight is 290 g/mol. The van der Waals surface area contributed by atoms with Crippen molar-refractivity contribution in [3.05, 3.63) is 30.1 Å². The summed E-state index contributed by atoms with van der Waals surface area (Å²) in [7, 11) is 0. The van der Waals surface area contributed by atoms with Crippen molar-refractivity contribution in [3.63, 3.8) is 0 Å². The van der Waals surface area contributed by atoms with E-state index in [0.717, 1.165) is 12.8 Å². The lowest BCUT2D eigenvalue weighted by molar-refractivity contribution is -0.121. The highest BCUT2D eigenvalue weighted by atomic mass is 16.2. The Kier molecular flexibility index (Phi) is 8.32. The Labute approximate surface area is 127 Å². The van der Waals surface area contributed by atoms with E-state index in [1.807, 2.05) is 6.92 Å². The van der Waals surface area contributed by atoms with Gasteiger partial charge in [-0.2, -0.15) is 0 Å². The molecule has 0 bridgehead atoms. The number of carbonyl (C=O) groups excluding carboxylic acids is 2. The molecule has 1 heterocycles. The lowest BCUT2D eigenvalue weighted by Gasteiger charge is -2.11. The Morgan fingerprint density at radius 1 is 1.19 bits per heavy atom. The van der Waals surface area contributed by atoms with Gasteiger partial charge >= 0.3 is 0 Å². The number of amides is 1. The summed E-state index contributed by atoms with van der Waals surface area (Å²) in [6, 6.07) is 5.14. The van der Waals surface area contributed by atoms with Crippen LogP contribution in [0.15, 0.2) is 24.4 Å². The van der Waals surface area contributed by atoms with Crippen molar-refractivity contribution in [3.8, 4) is 0 Å². The monoisotopic (exact) mass is 290 g/mol. The molecule has 1 unspecified atom stereocenters. The number of hydrogen-bond donors (Lipinski definition) is 1. The molecule has 0 aliphatic heterocycles. The molecule has 21 heavy (non-hydrogen) atoms. The number of nitrogens with zero attached hydrogens (tertiary/aromatic N) is 1.